The molecule has 5 nitrogen and oxygen atoms in total. The van der Waals surface area contributed by atoms with E-state index in [1.54, 1.807) is 36.4 Å². The van der Waals surface area contributed by atoms with Crippen LogP contribution >= 0.6 is 0 Å². The second-order valence-electron chi connectivity index (χ2n) is 3.64. The molecule has 0 aliphatic rings. The molecule has 0 aliphatic heterocycles. The van der Waals surface area contributed by atoms with Gasteiger partial charge in [-0.2, -0.15) is 0 Å². The molecule has 5 heteroatoms. The lowest BCUT2D eigenvalue weighted by Crippen LogP contribution is -1.84. The standard InChI is InChI=1S/C13H13NO4/c1-17-13-6-9(3-5-12(13)16)2-4-10-7-11(8-15)18-14-10/h2-7,15-16H,8H2,1H3. The SMILES string of the molecule is COc1cc(C=Cc2cc(CO)on2)ccc1O. The maximum Gasteiger partial charge on any atom is 0.162 e. The molecule has 0 fully saturated rings. The molecular weight excluding hydrogens is 234 g/mol. The van der Waals surface area contributed by atoms with Gasteiger partial charge >= 0.3 is 0 Å². The zero-order valence-corrected chi connectivity index (χ0v) is 9.83. The van der Waals surface area contributed by atoms with Crippen molar-refractivity contribution in [1.29, 1.82) is 0 Å². The maximum absolute atomic E-state index is 9.45. The van der Waals surface area contributed by atoms with Crippen LogP contribution in [0.1, 0.15) is 17.0 Å². The van der Waals surface area contributed by atoms with Gasteiger partial charge in [-0.15, -0.1) is 0 Å². The van der Waals surface area contributed by atoms with Crippen LogP contribution in [0.4, 0.5) is 0 Å². The van der Waals surface area contributed by atoms with Crippen LogP contribution in [0.3, 0.4) is 0 Å². The number of nitrogens with zero attached hydrogens (tertiary/aromatic N) is 1. The molecule has 1 aromatic carbocycles. The van der Waals surface area contributed by atoms with Crippen molar-refractivity contribution in [3.05, 3.63) is 41.3 Å². The van der Waals surface area contributed by atoms with Gasteiger partial charge in [-0.1, -0.05) is 17.3 Å². The number of aromatic nitrogens is 1. The third kappa shape index (κ3) is 2.70. The molecule has 0 radical (unpaired) electrons. The van der Waals surface area contributed by atoms with E-state index in [0.29, 0.717) is 17.2 Å². The lowest BCUT2D eigenvalue weighted by atomic mass is 10.2. The monoisotopic (exact) mass is 247 g/mol. The fourth-order valence-corrected chi connectivity index (χ4v) is 1.46. The molecule has 0 saturated heterocycles. The Kier molecular flexibility index (Phi) is 3.64. The Bertz CT molecular complexity index is 560. The van der Waals surface area contributed by atoms with Crippen LogP contribution in [-0.2, 0) is 6.61 Å². The second-order valence-corrected chi connectivity index (χ2v) is 3.64. The number of hydrogen-bond donors (Lipinski definition) is 2. The zero-order chi connectivity index (χ0) is 13.0. The lowest BCUT2D eigenvalue weighted by Gasteiger charge is -2.03. The van der Waals surface area contributed by atoms with Gasteiger partial charge in [0.2, 0.25) is 0 Å². The fourth-order valence-electron chi connectivity index (χ4n) is 1.46. The fraction of sp³-hybridized carbons (Fsp3) is 0.154. The molecule has 1 heterocycles. The van der Waals surface area contributed by atoms with Crippen molar-refractivity contribution in [3.63, 3.8) is 0 Å². The average molecular weight is 247 g/mol. The summed E-state index contributed by atoms with van der Waals surface area (Å²) in [4.78, 5) is 0. The minimum absolute atomic E-state index is 0.0960. The largest absolute Gasteiger partial charge is 0.504 e. The Labute approximate surface area is 104 Å². The van der Waals surface area contributed by atoms with E-state index < -0.39 is 0 Å². The van der Waals surface area contributed by atoms with Crippen LogP contribution in [0.5, 0.6) is 11.5 Å². The van der Waals surface area contributed by atoms with Gasteiger partial charge in [0.15, 0.2) is 17.3 Å². The van der Waals surface area contributed by atoms with Crippen molar-refractivity contribution in [2.45, 2.75) is 6.61 Å². The number of ether oxygens (including phenoxy) is 1. The number of rotatable bonds is 4. The molecule has 0 amide bonds. The predicted octanol–water partition coefficient (Wildman–Crippen LogP) is 2.05. The molecule has 0 unspecified atom stereocenters. The molecule has 2 rings (SSSR count). The third-order valence-electron chi connectivity index (χ3n) is 2.38. The molecule has 0 saturated carbocycles. The van der Waals surface area contributed by atoms with Crippen molar-refractivity contribution in [3.8, 4) is 11.5 Å². The summed E-state index contributed by atoms with van der Waals surface area (Å²) in [5, 5.41) is 22.0. The van der Waals surface area contributed by atoms with E-state index in [1.165, 1.54) is 7.11 Å². The summed E-state index contributed by atoms with van der Waals surface area (Å²) in [6, 6.07) is 6.66. The minimum Gasteiger partial charge on any atom is -0.504 e. The Hall–Kier alpha value is -2.27. The van der Waals surface area contributed by atoms with Gasteiger partial charge in [-0.3, -0.25) is 0 Å². The number of aliphatic hydroxyl groups is 1. The Morgan fingerprint density at radius 1 is 1.33 bits per heavy atom. The topological polar surface area (TPSA) is 75.7 Å². The molecule has 0 bridgehead atoms. The highest BCUT2D eigenvalue weighted by Crippen LogP contribution is 2.27. The quantitative estimate of drug-likeness (QED) is 0.864. The predicted molar refractivity (Wildman–Crippen MR) is 66.0 cm³/mol. The van der Waals surface area contributed by atoms with E-state index in [9.17, 15) is 5.11 Å². The smallest absolute Gasteiger partial charge is 0.162 e. The number of methoxy groups -OCH3 is 1. The number of benzene rings is 1. The highest BCUT2D eigenvalue weighted by atomic mass is 16.5. The van der Waals surface area contributed by atoms with E-state index in [1.807, 2.05) is 0 Å². The summed E-state index contributed by atoms with van der Waals surface area (Å²) in [7, 11) is 1.49. The van der Waals surface area contributed by atoms with Crippen LogP contribution in [-0.4, -0.2) is 22.5 Å². The summed E-state index contributed by atoms with van der Waals surface area (Å²) in [6.45, 7) is -0.173. The maximum atomic E-state index is 9.45. The summed E-state index contributed by atoms with van der Waals surface area (Å²) >= 11 is 0. The van der Waals surface area contributed by atoms with Crippen molar-refractivity contribution in [1.82, 2.24) is 5.16 Å². The molecule has 2 N–H and O–H groups in total. The van der Waals surface area contributed by atoms with E-state index in [-0.39, 0.29) is 12.4 Å². The third-order valence-corrected chi connectivity index (χ3v) is 2.38. The first kappa shape index (κ1) is 12.2. The highest BCUT2D eigenvalue weighted by molar-refractivity contribution is 5.69. The van der Waals surface area contributed by atoms with Crippen LogP contribution in [0.15, 0.2) is 28.8 Å². The molecule has 1 aromatic heterocycles. The summed E-state index contributed by atoms with van der Waals surface area (Å²) in [5.41, 5.74) is 1.48. The van der Waals surface area contributed by atoms with Crippen LogP contribution in [0.2, 0.25) is 0 Å². The molecule has 0 atom stereocenters. The minimum atomic E-state index is -0.173. The van der Waals surface area contributed by atoms with E-state index in [2.05, 4.69) is 5.16 Å². The number of phenolic OH excluding ortho intramolecular Hbond substituents is 1. The van der Waals surface area contributed by atoms with Crippen molar-refractivity contribution in [2.24, 2.45) is 0 Å². The Morgan fingerprint density at radius 3 is 2.83 bits per heavy atom. The number of phenols is 1. The normalized spacial score (nSPS) is 11.0. The number of aliphatic hydroxyl groups excluding tert-OH is 1. The average Bonchev–Trinajstić information content (AvgIpc) is 2.86. The first-order chi connectivity index (χ1) is 8.72. The summed E-state index contributed by atoms with van der Waals surface area (Å²) in [5.74, 6) is 0.921. The van der Waals surface area contributed by atoms with E-state index in [4.69, 9.17) is 14.4 Å². The van der Waals surface area contributed by atoms with Crippen molar-refractivity contribution >= 4 is 12.2 Å². The molecule has 94 valence electrons. The van der Waals surface area contributed by atoms with Crippen molar-refractivity contribution in [2.75, 3.05) is 7.11 Å². The lowest BCUT2D eigenvalue weighted by molar-refractivity contribution is 0.229. The van der Waals surface area contributed by atoms with Crippen molar-refractivity contribution < 1.29 is 19.5 Å². The van der Waals surface area contributed by atoms with E-state index >= 15 is 0 Å². The molecular formula is C13H13NO4. The van der Waals surface area contributed by atoms with Gasteiger partial charge in [-0.05, 0) is 23.8 Å². The van der Waals surface area contributed by atoms with Gasteiger partial charge < -0.3 is 19.5 Å². The highest BCUT2D eigenvalue weighted by Gasteiger charge is 2.02. The molecule has 0 spiro atoms. The first-order valence-electron chi connectivity index (χ1n) is 5.34. The second kappa shape index (κ2) is 5.37. The summed E-state index contributed by atoms with van der Waals surface area (Å²) < 4.78 is 9.86. The van der Waals surface area contributed by atoms with Gasteiger partial charge in [0.05, 0.1) is 7.11 Å². The van der Waals surface area contributed by atoms with Gasteiger partial charge in [0.1, 0.15) is 12.3 Å². The van der Waals surface area contributed by atoms with Crippen LogP contribution < -0.4 is 4.74 Å². The van der Waals surface area contributed by atoms with Gasteiger partial charge in [-0.25, -0.2) is 0 Å². The Balaban J connectivity index is 2.17. The molecule has 0 aliphatic carbocycles. The zero-order valence-electron chi connectivity index (χ0n) is 9.83. The molecule has 18 heavy (non-hydrogen) atoms. The Morgan fingerprint density at radius 2 is 2.17 bits per heavy atom. The molecule has 2 aromatic rings. The first-order valence-corrected chi connectivity index (χ1v) is 5.34. The number of hydrogen-bond acceptors (Lipinski definition) is 5. The van der Waals surface area contributed by atoms with Crippen LogP contribution in [0, 0.1) is 0 Å². The number of aromatic hydroxyl groups is 1. The van der Waals surface area contributed by atoms with Crippen LogP contribution in [0.25, 0.3) is 12.2 Å². The van der Waals surface area contributed by atoms with Gasteiger partial charge in [0.25, 0.3) is 0 Å². The van der Waals surface area contributed by atoms with E-state index in [0.717, 1.165) is 5.56 Å². The van der Waals surface area contributed by atoms with Gasteiger partial charge in [0, 0.05) is 6.07 Å². The summed E-state index contributed by atoms with van der Waals surface area (Å²) in [6.07, 6.45) is 3.55.